The molecule has 1 saturated carbocycles. The molecule has 106 valence electrons. The van der Waals surface area contributed by atoms with Crippen molar-refractivity contribution in [2.75, 3.05) is 45.2 Å². The van der Waals surface area contributed by atoms with E-state index in [0.29, 0.717) is 6.10 Å². The number of hydrogen-bond acceptors (Lipinski definition) is 3. The van der Waals surface area contributed by atoms with Crippen LogP contribution in [-0.2, 0) is 4.74 Å². The third kappa shape index (κ3) is 4.09. The van der Waals surface area contributed by atoms with E-state index in [9.17, 15) is 0 Å². The van der Waals surface area contributed by atoms with Gasteiger partial charge in [-0.1, -0.05) is 19.8 Å². The molecule has 4 heteroatoms. The lowest BCUT2D eigenvalue weighted by atomic mass is 10.1. The van der Waals surface area contributed by atoms with Crippen LogP contribution in [0.15, 0.2) is 0 Å². The fourth-order valence-corrected chi connectivity index (χ4v) is 3.46. The molecule has 2 rings (SSSR count). The first-order valence-electron chi connectivity index (χ1n) is 7.47. The molecule has 1 atom stereocenters. The van der Waals surface area contributed by atoms with Gasteiger partial charge in [-0.25, -0.2) is 0 Å². The van der Waals surface area contributed by atoms with Crippen molar-refractivity contribution in [3.05, 3.63) is 0 Å². The van der Waals surface area contributed by atoms with Gasteiger partial charge in [0.25, 0.3) is 0 Å². The lowest BCUT2D eigenvalue weighted by Crippen LogP contribution is -2.49. The average molecular weight is 275 g/mol. The van der Waals surface area contributed by atoms with Crippen LogP contribution in [0.2, 0.25) is 0 Å². The summed E-state index contributed by atoms with van der Waals surface area (Å²) in [6, 6.07) is 0.754. The van der Waals surface area contributed by atoms with E-state index in [1.54, 1.807) is 0 Å². The topological polar surface area (TPSA) is 15.7 Å². The van der Waals surface area contributed by atoms with Crippen LogP contribution in [0.25, 0.3) is 0 Å². The number of morpholine rings is 1. The van der Waals surface area contributed by atoms with Gasteiger partial charge in [0, 0.05) is 38.1 Å². The zero-order valence-corrected chi connectivity index (χ0v) is 12.4. The minimum atomic E-state index is 0.377. The number of alkyl halides is 1. The molecular weight excluding hydrogens is 248 g/mol. The first-order valence-corrected chi connectivity index (χ1v) is 8.01. The average Bonchev–Trinajstić information content (AvgIpc) is 2.92. The smallest absolute Gasteiger partial charge is 0.0829 e. The predicted molar refractivity (Wildman–Crippen MR) is 76.4 cm³/mol. The fraction of sp³-hybridized carbons (Fsp3) is 1.00. The molecular formula is C14H27ClN2O. The number of nitrogens with zero attached hydrogens (tertiary/aromatic N) is 2. The Balaban J connectivity index is 1.83. The second kappa shape index (κ2) is 7.68. The number of ether oxygens (including phenoxy) is 1. The minimum absolute atomic E-state index is 0.377. The second-order valence-corrected chi connectivity index (χ2v) is 5.89. The first-order chi connectivity index (χ1) is 8.83. The summed E-state index contributed by atoms with van der Waals surface area (Å²) in [6.07, 6.45) is 5.84. The van der Waals surface area contributed by atoms with Gasteiger partial charge in [0.2, 0.25) is 0 Å². The molecule has 0 aromatic rings. The maximum absolute atomic E-state index is 5.96. The molecule has 0 aromatic heterocycles. The number of rotatable bonds is 6. The van der Waals surface area contributed by atoms with Gasteiger partial charge >= 0.3 is 0 Å². The number of hydrogen-bond donors (Lipinski definition) is 0. The molecule has 2 fully saturated rings. The molecule has 3 nitrogen and oxygen atoms in total. The SMILES string of the molecule is CCN1CCOC(CN(CCCl)C2CCCC2)C1. The Morgan fingerprint density at radius 2 is 2.11 bits per heavy atom. The van der Waals surface area contributed by atoms with Crippen molar-refractivity contribution in [3.63, 3.8) is 0 Å². The Hall–Kier alpha value is 0.170. The second-order valence-electron chi connectivity index (χ2n) is 5.51. The molecule has 0 radical (unpaired) electrons. The van der Waals surface area contributed by atoms with E-state index in [1.807, 2.05) is 0 Å². The Morgan fingerprint density at radius 3 is 2.78 bits per heavy atom. The van der Waals surface area contributed by atoms with Crippen LogP contribution in [-0.4, -0.2) is 67.2 Å². The van der Waals surface area contributed by atoms with Crippen molar-refractivity contribution in [1.82, 2.24) is 9.80 Å². The Morgan fingerprint density at radius 1 is 1.33 bits per heavy atom. The number of likely N-dealkylation sites (N-methyl/N-ethyl adjacent to an activating group) is 1. The summed E-state index contributed by atoms with van der Waals surface area (Å²) in [6.45, 7) is 8.51. The summed E-state index contributed by atoms with van der Waals surface area (Å²) >= 11 is 5.96. The molecule has 2 aliphatic rings. The third-order valence-electron chi connectivity index (χ3n) is 4.32. The van der Waals surface area contributed by atoms with E-state index in [-0.39, 0.29) is 0 Å². The minimum Gasteiger partial charge on any atom is -0.374 e. The third-order valence-corrected chi connectivity index (χ3v) is 4.49. The van der Waals surface area contributed by atoms with Crippen LogP contribution in [0.3, 0.4) is 0 Å². The van der Waals surface area contributed by atoms with Crippen LogP contribution in [0, 0.1) is 0 Å². The highest BCUT2D eigenvalue weighted by molar-refractivity contribution is 6.18. The van der Waals surface area contributed by atoms with E-state index in [1.165, 1.54) is 25.7 Å². The van der Waals surface area contributed by atoms with E-state index in [4.69, 9.17) is 16.3 Å². The maximum Gasteiger partial charge on any atom is 0.0829 e. The quantitative estimate of drug-likeness (QED) is 0.691. The van der Waals surface area contributed by atoms with Crippen molar-refractivity contribution >= 4 is 11.6 Å². The fourth-order valence-electron chi connectivity index (χ4n) is 3.24. The van der Waals surface area contributed by atoms with Gasteiger partial charge < -0.3 is 4.74 Å². The van der Waals surface area contributed by atoms with Crippen LogP contribution in [0.4, 0.5) is 0 Å². The van der Waals surface area contributed by atoms with Crippen molar-refractivity contribution in [2.24, 2.45) is 0 Å². The van der Waals surface area contributed by atoms with Gasteiger partial charge in [-0.2, -0.15) is 0 Å². The summed E-state index contributed by atoms with van der Waals surface area (Å²) in [4.78, 5) is 5.06. The largest absolute Gasteiger partial charge is 0.374 e. The van der Waals surface area contributed by atoms with Gasteiger partial charge in [0.15, 0.2) is 0 Å². The van der Waals surface area contributed by atoms with Crippen LogP contribution >= 0.6 is 11.6 Å². The summed E-state index contributed by atoms with van der Waals surface area (Å²) in [5.41, 5.74) is 0. The van der Waals surface area contributed by atoms with Gasteiger partial charge in [0.1, 0.15) is 0 Å². The monoisotopic (exact) mass is 274 g/mol. The summed E-state index contributed by atoms with van der Waals surface area (Å²) < 4.78 is 5.92. The van der Waals surface area contributed by atoms with Crippen molar-refractivity contribution in [2.45, 2.75) is 44.8 Å². The zero-order chi connectivity index (χ0) is 12.8. The summed E-state index contributed by atoms with van der Waals surface area (Å²) in [5.74, 6) is 0.737. The van der Waals surface area contributed by atoms with Crippen LogP contribution < -0.4 is 0 Å². The molecule has 0 amide bonds. The lowest BCUT2D eigenvalue weighted by molar-refractivity contribution is -0.0460. The molecule has 0 aromatic carbocycles. The first kappa shape index (κ1) is 14.6. The van der Waals surface area contributed by atoms with E-state index in [0.717, 1.165) is 51.3 Å². The highest BCUT2D eigenvalue weighted by atomic mass is 35.5. The van der Waals surface area contributed by atoms with Crippen LogP contribution in [0.1, 0.15) is 32.6 Å². The molecule has 0 spiro atoms. The Bertz CT molecular complexity index is 234. The van der Waals surface area contributed by atoms with Crippen molar-refractivity contribution in [3.8, 4) is 0 Å². The summed E-state index contributed by atoms with van der Waals surface area (Å²) in [7, 11) is 0. The highest BCUT2D eigenvalue weighted by Gasteiger charge is 2.27. The maximum atomic E-state index is 5.96. The van der Waals surface area contributed by atoms with Gasteiger partial charge in [-0.3, -0.25) is 9.80 Å². The Kier molecular flexibility index (Phi) is 6.22. The van der Waals surface area contributed by atoms with Crippen molar-refractivity contribution < 1.29 is 4.74 Å². The molecule has 1 heterocycles. The molecule has 18 heavy (non-hydrogen) atoms. The van der Waals surface area contributed by atoms with Crippen LogP contribution in [0.5, 0.6) is 0 Å². The molecule has 1 aliphatic heterocycles. The van der Waals surface area contributed by atoms with E-state index < -0.39 is 0 Å². The van der Waals surface area contributed by atoms with Gasteiger partial charge in [0.05, 0.1) is 12.7 Å². The Labute approximate surface area is 116 Å². The zero-order valence-electron chi connectivity index (χ0n) is 11.6. The molecule has 1 saturated heterocycles. The lowest BCUT2D eigenvalue weighted by Gasteiger charge is -2.37. The van der Waals surface area contributed by atoms with Crippen molar-refractivity contribution in [1.29, 1.82) is 0 Å². The molecule has 1 unspecified atom stereocenters. The molecule has 0 bridgehead atoms. The number of halogens is 1. The predicted octanol–water partition coefficient (Wildman–Crippen LogP) is 2.19. The highest BCUT2D eigenvalue weighted by Crippen LogP contribution is 2.24. The standard InChI is InChI=1S/C14H27ClN2O/c1-2-16-9-10-18-14(11-16)12-17(8-7-15)13-5-3-4-6-13/h13-14H,2-12H2,1H3. The van der Waals surface area contributed by atoms with E-state index in [2.05, 4.69) is 16.7 Å². The van der Waals surface area contributed by atoms with Gasteiger partial charge in [-0.05, 0) is 19.4 Å². The normalized spacial score (nSPS) is 27.2. The molecule has 1 aliphatic carbocycles. The summed E-state index contributed by atoms with van der Waals surface area (Å²) in [5, 5.41) is 0. The van der Waals surface area contributed by atoms with E-state index >= 15 is 0 Å². The molecule has 0 N–H and O–H groups in total. The van der Waals surface area contributed by atoms with Gasteiger partial charge in [-0.15, -0.1) is 11.6 Å².